The molecular formula is C18H22N4OS. The molecule has 126 valence electrons. The number of nitrogens with zero attached hydrogens (tertiary/aromatic N) is 4. The quantitative estimate of drug-likeness (QED) is 0.860. The normalized spacial score (nSPS) is 20.3. The minimum Gasteiger partial charge on any atom is -0.338 e. The first kappa shape index (κ1) is 15.6. The third kappa shape index (κ3) is 2.69. The number of anilines is 1. The van der Waals surface area contributed by atoms with Crippen LogP contribution >= 0.6 is 11.3 Å². The van der Waals surface area contributed by atoms with Gasteiger partial charge in [-0.05, 0) is 30.4 Å². The van der Waals surface area contributed by atoms with Crippen molar-refractivity contribution >= 4 is 23.2 Å². The lowest BCUT2D eigenvalue weighted by molar-refractivity contribution is -0.137. The Labute approximate surface area is 146 Å². The van der Waals surface area contributed by atoms with Crippen LogP contribution in [-0.2, 0) is 10.2 Å². The van der Waals surface area contributed by atoms with E-state index in [9.17, 15) is 4.79 Å². The van der Waals surface area contributed by atoms with Crippen LogP contribution in [0.5, 0.6) is 0 Å². The number of aromatic nitrogens is 2. The molecule has 0 N–H and O–H groups in total. The standard InChI is InChI=1S/C18H22N4OS/c23-16(18(6-1-2-7-18)15-5-3-14-24-15)21-10-12-22(13-11-21)17-19-8-4-9-20-17/h3-5,8-9,14H,1-2,6-7,10-13H2. The van der Waals surface area contributed by atoms with E-state index < -0.39 is 0 Å². The van der Waals surface area contributed by atoms with Gasteiger partial charge in [0, 0.05) is 43.4 Å². The summed E-state index contributed by atoms with van der Waals surface area (Å²) in [5.74, 6) is 1.09. The van der Waals surface area contributed by atoms with E-state index in [-0.39, 0.29) is 5.41 Å². The Balaban J connectivity index is 1.48. The van der Waals surface area contributed by atoms with Gasteiger partial charge in [0.05, 0.1) is 5.41 Å². The molecule has 0 spiro atoms. The Morgan fingerprint density at radius 2 is 1.75 bits per heavy atom. The molecule has 1 aliphatic carbocycles. The average Bonchev–Trinajstić information content (AvgIpc) is 3.34. The SMILES string of the molecule is O=C(N1CCN(c2ncccn2)CC1)C1(c2cccs2)CCCC1. The monoisotopic (exact) mass is 342 g/mol. The van der Waals surface area contributed by atoms with Gasteiger partial charge in [0.25, 0.3) is 0 Å². The zero-order valence-corrected chi connectivity index (χ0v) is 14.5. The third-order valence-corrected chi connectivity index (χ3v) is 6.34. The minimum atomic E-state index is -0.264. The molecular weight excluding hydrogens is 320 g/mol. The van der Waals surface area contributed by atoms with Crippen molar-refractivity contribution in [2.45, 2.75) is 31.1 Å². The molecule has 1 aliphatic heterocycles. The lowest BCUT2D eigenvalue weighted by atomic mass is 9.82. The zero-order valence-electron chi connectivity index (χ0n) is 13.7. The van der Waals surface area contributed by atoms with Crippen LogP contribution in [0.3, 0.4) is 0 Å². The molecule has 2 aromatic heterocycles. The van der Waals surface area contributed by atoms with E-state index in [1.165, 1.54) is 4.88 Å². The van der Waals surface area contributed by atoms with Crippen molar-refractivity contribution in [3.63, 3.8) is 0 Å². The van der Waals surface area contributed by atoms with Gasteiger partial charge in [0.15, 0.2) is 0 Å². The van der Waals surface area contributed by atoms with Crippen molar-refractivity contribution in [2.75, 3.05) is 31.1 Å². The van der Waals surface area contributed by atoms with Gasteiger partial charge in [0.2, 0.25) is 11.9 Å². The Bertz CT molecular complexity index is 674. The molecule has 24 heavy (non-hydrogen) atoms. The number of amides is 1. The molecule has 0 bridgehead atoms. The highest BCUT2D eigenvalue weighted by molar-refractivity contribution is 7.10. The van der Waals surface area contributed by atoms with E-state index in [0.717, 1.165) is 57.8 Å². The number of rotatable bonds is 3. The van der Waals surface area contributed by atoms with Gasteiger partial charge < -0.3 is 9.80 Å². The van der Waals surface area contributed by atoms with E-state index in [0.29, 0.717) is 5.91 Å². The van der Waals surface area contributed by atoms with Crippen molar-refractivity contribution in [3.05, 3.63) is 40.8 Å². The molecule has 1 saturated heterocycles. The molecule has 3 heterocycles. The Hall–Kier alpha value is -1.95. The maximum absolute atomic E-state index is 13.3. The molecule has 5 nitrogen and oxygen atoms in total. The second-order valence-electron chi connectivity index (χ2n) is 6.59. The summed E-state index contributed by atoms with van der Waals surface area (Å²) in [6.45, 7) is 3.11. The first-order chi connectivity index (χ1) is 11.8. The van der Waals surface area contributed by atoms with Crippen LogP contribution in [0.4, 0.5) is 5.95 Å². The molecule has 0 aromatic carbocycles. The molecule has 2 fully saturated rings. The van der Waals surface area contributed by atoms with Gasteiger partial charge in [-0.1, -0.05) is 18.9 Å². The highest BCUT2D eigenvalue weighted by Gasteiger charge is 2.46. The number of carbonyl (C=O) groups excluding carboxylic acids is 1. The summed E-state index contributed by atoms with van der Waals surface area (Å²) in [5.41, 5.74) is -0.264. The molecule has 1 amide bonds. The van der Waals surface area contributed by atoms with Gasteiger partial charge >= 0.3 is 0 Å². The molecule has 0 atom stereocenters. The molecule has 4 rings (SSSR count). The highest BCUT2D eigenvalue weighted by atomic mass is 32.1. The van der Waals surface area contributed by atoms with E-state index >= 15 is 0 Å². The van der Waals surface area contributed by atoms with E-state index in [4.69, 9.17) is 0 Å². The molecule has 1 saturated carbocycles. The number of thiophene rings is 1. The number of hydrogen-bond acceptors (Lipinski definition) is 5. The van der Waals surface area contributed by atoms with Crippen molar-refractivity contribution in [2.24, 2.45) is 0 Å². The summed E-state index contributed by atoms with van der Waals surface area (Å²) >= 11 is 1.73. The summed E-state index contributed by atoms with van der Waals surface area (Å²) in [6, 6.07) is 6.04. The maximum Gasteiger partial charge on any atom is 0.234 e. The Morgan fingerprint density at radius 1 is 1.04 bits per heavy atom. The second-order valence-corrected chi connectivity index (χ2v) is 7.54. The van der Waals surface area contributed by atoms with Crippen LogP contribution in [0.1, 0.15) is 30.6 Å². The second kappa shape index (κ2) is 6.51. The van der Waals surface area contributed by atoms with Crippen LogP contribution in [0.15, 0.2) is 36.0 Å². The summed E-state index contributed by atoms with van der Waals surface area (Å²) in [7, 11) is 0. The zero-order chi connectivity index (χ0) is 16.4. The van der Waals surface area contributed by atoms with Crippen molar-refractivity contribution in [1.82, 2.24) is 14.9 Å². The van der Waals surface area contributed by atoms with Crippen LogP contribution < -0.4 is 4.90 Å². The van der Waals surface area contributed by atoms with Crippen LogP contribution in [0.2, 0.25) is 0 Å². The third-order valence-electron chi connectivity index (χ3n) is 5.26. The van der Waals surface area contributed by atoms with E-state index in [2.05, 4.69) is 37.3 Å². The first-order valence-corrected chi connectivity index (χ1v) is 9.53. The predicted octanol–water partition coefficient (Wildman–Crippen LogP) is 2.70. The fourth-order valence-electron chi connectivity index (χ4n) is 3.96. The predicted molar refractivity (Wildman–Crippen MR) is 95.3 cm³/mol. The topological polar surface area (TPSA) is 49.3 Å². The van der Waals surface area contributed by atoms with Crippen molar-refractivity contribution in [3.8, 4) is 0 Å². The summed E-state index contributed by atoms with van der Waals surface area (Å²) < 4.78 is 0. The summed E-state index contributed by atoms with van der Waals surface area (Å²) in [5, 5.41) is 2.09. The van der Waals surface area contributed by atoms with Crippen molar-refractivity contribution < 1.29 is 4.79 Å². The largest absolute Gasteiger partial charge is 0.338 e. The van der Waals surface area contributed by atoms with Gasteiger partial charge in [0.1, 0.15) is 0 Å². The van der Waals surface area contributed by atoms with Crippen LogP contribution in [0, 0.1) is 0 Å². The average molecular weight is 342 g/mol. The first-order valence-electron chi connectivity index (χ1n) is 8.65. The molecule has 0 unspecified atom stereocenters. The number of hydrogen-bond donors (Lipinski definition) is 0. The minimum absolute atomic E-state index is 0.264. The highest BCUT2D eigenvalue weighted by Crippen LogP contribution is 2.44. The molecule has 0 radical (unpaired) electrons. The van der Waals surface area contributed by atoms with Gasteiger partial charge in [-0.25, -0.2) is 9.97 Å². The molecule has 2 aromatic rings. The van der Waals surface area contributed by atoms with Gasteiger partial charge in [-0.2, -0.15) is 0 Å². The molecule has 2 aliphatic rings. The Morgan fingerprint density at radius 3 is 2.38 bits per heavy atom. The van der Waals surface area contributed by atoms with Crippen LogP contribution in [-0.4, -0.2) is 47.0 Å². The summed E-state index contributed by atoms with van der Waals surface area (Å²) in [4.78, 5) is 27.5. The van der Waals surface area contributed by atoms with E-state index in [1.54, 1.807) is 23.7 Å². The number of piperazine rings is 1. The molecule has 6 heteroatoms. The number of carbonyl (C=O) groups is 1. The summed E-state index contributed by atoms with van der Waals surface area (Å²) in [6.07, 6.45) is 7.83. The van der Waals surface area contributed by atoms with Crippen molar-refractivity contribution in [1.29, 1.82) is 0 Å². The fraction of sp³-hybridized carbons (Fsp3) is 0.500. The van der Waals surface area contributed by atoms with E-state index in [1.807, 2.05) is 6.07 Å². The van der Waals surface area contributed by atoms with Gasteiger partial charge in [-0.3, -0.25) is 4.79 Å². The lowest BCUT2D eigenvalue weighted by Gasteiger charge is -2.39. The Kier molecular flexibility index (Phi) is 4.22. The lowest BCUT2D eigenvalue weighted by Crippen LogP contribution is -2.54. The smallest absolute Gasteiger partial charge is 0.234 e. The fourth-order valence-corrected chi connectivity index (χ4v) is 4.94. The van der Waals surface area contributed by atoms with Crippen LogP contribution in [0.25, 0.3) is 0 Å². The van der Waals surface area contributed by atoms with Gasteiger partial charge in [-0.15, -0.1) is 11.3 Å². The maximum atomic E-state index is 13.3.